The number of rotatable bonds is 4. The lowest BCUT2D eigenvalue weighted by Gasteiger charge is -2.39. The van der Waals surface area contributed by atoms with Gasteiger partial charge < -0.3 is 14.7 Å². The van der Waals surface area contributed by atoms with Crippen LogP contribution in [0.15, 0.2) is 4.52 Å². The van der Waals surface area contributed by atoms with Gasteiger partial charge in [-0.2, -0.15) is 4.98 Å². The lowest BCUT2D eigenvalue weighted by Crippen LogP contribution is -2.48. The van der Waals surface area contributed by atoms with Crippen LogP contribution in [0.1, 0.15) is 76.0 Å². The van der Waals surface area contributed by atoms with Crippen LogP contribution in [0.2, 0.25) is 0 Å². The molecule has 2 amide bonds. The molecular weight excluding hydrogens is 342 g/mol. The largest absolute Gasteiger partial charge is 0.339 e. The Labute approximate surface area is 161 Å². The third-order valence-electron chi connectivity index (χ3n) is 6.73. The summed E-state index contributed by atoms with van der Waals surface area (Å²) >= 11 is 0. The molecule has 4 rings (SSSR count). The van der Waals surface area contributed by atoms with Crippen molar-refractivity contribution >= 4 is 6.03 Å². The summed E-state index contributed by atoms with van der Waals surface area (Å²) in [4.78, 5) is 21.4. The van der Waals surface area contributed by atoms with E-state index >= 15 is 0 Å². The third kappa shape index (κ3) is 3.84. The average Bonchev–Trinajstić information content (AvgIpc) is 3.17. The molecule has 27 heavy (non-hydrogen) atoms. The van der Waals surface area contributed by atoms with Crippen LogP contribution in [-0.4, -0.2) is 59.2 Å². The van der Waals surface area contributed by atoms with Crippen molar-refractivity contribution in [1.82, 2.24) is 25.3 Å². The molecule has 1 saturated carbocycles. The Morgan fingerprint density at radius 3 is 2.70 bits per heavy atom. The summed E-state index contributed by atoms with van der Waals surface area (Å²) in [5, 5.41) is 7.35. The maximum absolute atomic E-state index is 12.3. The summed E-state index contributed by atoms with van der Waals surface area (Å²) < 4.78 is 5.55. The molecule has 3 aliphatic rings. The molecule has 3 heterocycles. The first-order chi connectivity index (χ1) is 13.0. The first-order valence-corrected chi connectivity index (χ1v) is 10.5. The van der Waals surface area contributed by atoms with Gasteiger partial charge in [-0.25, -0.2) is 4.79 Å². The Kier molecular flexibility index (Phi) is 5.14. The van der Waals surface area contributed by atoms with Crippen LogP contribution < -0.4 is 5.32 Å². The molecule has 1 aliphatic carbocycles. The van der Waals surface area contributed by atoms with Crippen LogP contribution in [0.3, 0.4) is 0 Å². The quantitative estimate of drug-likeness (QED) is 0.875. The van der Waals surface area contributed by atoms with E-state index in [4.69, 9.17) is 9.51 Å². The minimum absolute atomic E-state index is 0.0877. The third-order valence-corrected chi connectivity index (χ3v) is 6.73. The molecule has 0 aromatic carbocycles. The van der Waals surface area contributed by atoms with Crippen LogP contribution in [-0.2, 0) is 0 Å². The molecule has 7 heteroatoms. The summed E-state index contributed by atoms with van der Waals surface area (Å²) in [6.07, 6.45) is 6.80. The molecule has 150 valence electrons. The minimum atomic E-state index is 0.0877. The number of hydrogen-bond acceptors (Lipinski definition) is 5. The molecule has 0 bridgehead atoms. The van der Waals surface area contributed by atoms with Crippen molar-refractivity contribution < 1.29 is 9.32 Å². The predicted molar refractivity (Wildman–Crippen MR) is 102 cm³/mol. The predicted octanol–water partition coefficient (Wildman–Crippen LogP) is 3.16. The Balaban J connectivity index is 1.34. The summed E-state index contributed by atoms with van der Waals surface area (Å²) in [6.45, 7) is 7.70. The van der Waals surface area contributed by atoms with Gasteiger partial charge in [0.05, 0.1) is 6.04 Å². The number of piperidine rings is 1. The van der Waals surface area contributed by atoms with E-state index < -0.39 is 0 Å². The van der Waals surface area contributed by atoms with Crippen LogP contribution in [0, 0.1) is 11.3 Å². The number of nitrogens with zero attached hydrogens (tertiary/aromatic N) is 4. The zero-order valence-corrected chi connectivity index (χ0v) is 16.9. The van der Waals surface area contributed by atoms with Gasteiger partial charge in [0.2, 0.25) is 5.89 Å². The molecule has 1 unspecified atom stereocenters. The van der Waals surface area contributed by atoms with Gasteiger partial charge >= 0.3 is 6.03 Å². The van der Waals surface area contributed by atoms with Gasteiger partial charge in [0.25, 0.3) is 0 Å². The maximum atomic E-state index is 12.3. The van der Waals surface area contributed by atoms with Crippen molar-refractivity contribution in [3.63, 3.8) is 0 Å². The number of aromatic nitrogens is 2. The lowest BCUT2D eigenvalue weighted by molar-refractivity contribution is 0.121. The molecule has 0 radical (unpaired) electrons. The summed E-state index contributed by atoms with van der Waals surface area (Å²) in [7, 11) is 2.17. The Morgan fingerprint density at radius 1 is 1.33 bits per heavy atom. The summed E-state index contributed by atoms with van der Waals surface area (Å²) in [5.74, 6) is 2.66. The molecule has 1 atom stereocenters. The number of likely N-dealkylation sites (tertiary alicyclic amines) is 2. The standard InChI is InChI=1S/C20H33N5O2/c1-14(2)12-21-19(26)25-9-7-20(8-10-25)11-16(24(3)13-20)17-22-18(27-23-17)15-5-4-6-15/h14-16H,4-13H2,1-3H3,(H,21,26). The van der Waals surface area contributed by atoms with E-state index in [0.29, 0.717) is 11.8 Å². The van der Waals surface area contributed by atoms with Crippen LogP contribution in [0.5, 0.6) is 0 Å². The number of carbonyl (C=O) groups is 1. The topological polar surface area (TPSA) is 74.5 Å². The molecular formula is C20H33N5O2. The molecule has 1 spiro atoms. The van der Waals surface area contributed by atoms with Crippen molar-refractivity contribution in [3.05, 3.63) is 11.7 Å². The van der Waals surface area contributed by atoms with E-state index in [2.05, 4.69) is 36.3 Å². The number of carbonyl (C=O) groups excluding carboxylic acids is 1. The van der Waals surface area contributed by atoms with E-state index in [1.807, 2.05) is 4.90 Å². The van der Waals surface area contributed by atoms with E-state index in [1.165, 1.54) is 19.3 Å². The molecule has 2 aliphatic heterocycles. The van der Waals surface area contributed by atoms with Crippen molar-refractivity contribution in [2.24, 2.45) is 11.3 Å². The van der Waals surface area contributed by atoms with Crippen molar-refractivity contribution in [3.8, 4) is 0 Å². The van der Waals surface area contributed by atoms with E-state index in [-0.39, 0.29) is 17.5 Å². The second kappa shape index (κ2) is 7.41. The van der Waals surface area contributed by atoms with Crippen LogP contribution >= 0.6 is 0 Å². The monoisotopic (exact) mass is 375 g/mol. The number of nitrogens with one attached hydrogen (secondary N) is 1. The van der Waals surface area contributed by atoms with Crippen molar-refractivity contribution in [2.45, 2.75) is 64.3 Å². The number of hydrogen-bond donors (Lipinski definition) is 1. The first kappa shape index (κ1) is 18.7. The lowest BCUT2D eigenvalue weighted by atomic mass is 9.76. The van der Waals surface area contributed by atoms with Gasteiger partial charge in [0, 0.05) is 32.1 Å². The molecule has 1 N–H and O–H groups in total. The summed E-state index contributed by atoms with van der Waals surface area (Å²) in [5.41, 5.74) is 0.269. The molecule has 2 saturated heterocycles. The van der Waals surface area contributed by atoms with E-state index in [1.54, 1.807) is 0 Å². The van der Waals surface area contributed by atoms with E-state index in [0.717, 1.165) is 57.2 Å². The number of amides is 2. The van der Waals surface area contributed by atoms with Crippen molar-refractivity contribution in [2.75, 3.05) is 33.2 Å². The number of urea groups is 1. The second-order valence-electron chi connectivity index (χ2n) is 9.32. The average molecular weight is 376 g/mol. The van der Waals surface area contributed by atoms with E-state index in [9.17, 15) is 4.79 Å². The fourth-order valence-electron chi connectivity index (χ4n) is 4.71. The zero-order chi connectivity index (χ0) is 19.0. The highest BCUT2D eigenvalue weighted by Gasteiger charge is 2.46. The highest BCUT2D eigenvalue weighted by molar-refractivity contribution is 5.74. The molecule has 7 nitrogen and oxygen atoms in total. The van der Waals surface area contributed by atoms with Gasteiger partial charge in [-0.3, -0.25) is 4.90 Å². The fraction of sp³-hybridized carbons (Fsp3) is 0.850. The molecule has 1 aromatic heterocycles. The molecule has 1 aromatic rings. The Bertz CT molecular complexity index is 661. The Hall–Kier alpha value is -1.63. The maximum Gasteiger partial charge on any atom is 0.317 e. The van der Waals surface area contributed by atoms with Gasteiger partial charge in [-0.15, -0.1) is 0 Å². The van der Waals surface area contributed by atoms with Gasteiger partial charge in [0.1, 0.15) is 0 Å². The zero-order valence-electron chi connectivity index (χ0n) is 16.9. The summed E-state index contributed by atoms with van der Waals surface area (Å²) in [6, 6.07) is 0.327. The first-order valence-electron chi connectivity index (χ1n) is 10.5. The minimum Gasteiger partial charge on any atom is -0.339 e. The normalized spacial score (nSPS) is 25.9. The molecule has 3 fully saturated rings. The highest BCUT2D eigenvalue weighted by atomic mass is 16.5. The van der Waals surface area contributed by atoms with Crippen LogP contribution in [0.25, 0.3) is 0 Å². The SMILES string of the molecule is CC(C)CNC(=O)N1CCC2(CC1)CC(c1noc(C3CCC3)n1)N(C)C2. The van der Waals surface area contributed by atoms with Crippen molar-refractivity contribution in [1.29, 1.82) is 0 Å². The highest BCUT2D eigenvalue weighted by Crippen LogP contribution is 2.48. The second-order valence-corrected chi connectivity index (χ2v) is 9.32. The van der Waals surface area contributed by atoms with Gasteiger partial charge in [-0.1, -0.05) is 25.4 Å². The van der Waals surface area contributed by atoms with Gasteiger partial charge in [-0.05, 0) is 50.5 Å². The Morgan fingerprint density at radius 2 is 2.07 bits per heavy atom. The van der Waals surface area contributed by atoms with Gasteiger partial charge in [0.15, 0.2) is 5.82 Å². The smallest absolute Gasteiger partial charge is 0.317 e. The van der Waals surface area contributed by atoms with Crippen LogP contribution in [0.4, 0.5) is 4.79 Å². The fourth-order valence-corrected chi connectivity index (χ4v) is 4.71.